The molecule has 0 amide bonds. The number of fused-ring (bicyclic) bond motifs is 1. The summed E-state index contributed by atoms with van der Waals surface area (Å²) >= 11 is 0. The Bertz CT molecular complexity index is 535. The van der Waals surface area contributed by atoms with Gasteiger partial charge in [-0.1, -0.05) is 18.2 Å². The first-order chi connectivity index (χ1) is 8.36. The lowest BCUT2D eigenvalue weighted by molar-refractivity contribution is 0.277. The summed E-state index contributed by atoms with van der Waals surface area (Å²) in [7, 11) is 0. The molecule has 2 aromatic rings. The molecule has 88 valence electrons. The molecule has 1 fully saturated rings. The fourth-order valence-corrected chi connectivity index (χ4v) is 1.86. The van der Waals surface area contributed by atoms with E-state index < -0.39 is 0 Å². The van der Waals surface area contributed by atoms with Gasteiger partial charge in [0.05, 0.1) is 18.9 Å². The molecule has 0 saturated heterocycles. The van der Waals surface area contributed by atoms with Gasteiger partial charge in [-0.25, -0.2) is 4.98 Å². The maximum atomic E-state index is 9.11. The zero-order valence-electron chi connectivity index (χ0n) is 9.60. The molecule has 0 aliphatic heterocycles. The van der Waals surface area contributed by atoms with Crippen LogP contribution in [0, 0.1) is 5.92 Å². The van der Waals surface area contributed by atoms with Crippen molar-refractivity contribution in [1.82, 2.24) is 4.98 Å². The third-order valence-corrected chi connectivity index (χ3v) is 3.07. The fraction of sp³-hybridized carbons (Fsp3) is 0.357. The quantitative estimate of drug-likeness (QED) is 0.876. The van der Waals surface area contributed by atoms with E-state index in [-0.39, 0.29) is 6.61 Å². The minimum absolute atomic E-state index is 0.0348. The highest BCUT2D eigenvalue weighted by Gasteiger charge is 2.22. The Morgan fingerprint density at radius 3 is 2.88 bits per heavy atom. The minimum Gasteiger partial charge on any atom is -0.491 e. The number of nitrogens with zero attached hydrogens (tertiary/aromatic N) is 1. The van der Waals surface area contributed by atoms with Gasteiger partial charge >= 0.3 is 0 Å². The number of aliphatic hydroxyl groups excluding tert-OH is 1. The Labute approximate surface area is 100 Å². The van der Waals surface area contributed by atoms with Gasteiger partial charge in [0, 0.05) is 5.39 Å². The molecule has 3 nitrogen and oxygen atoms in total. The smallest absolute Gasteiger partial charge is 0.145 e. The lowest BCUT2D eigenvalue weighted by atomic mass is 10.2. The molecule has 0 atom stereocenters. The largest absolute Gasteiger partial charge is 0.491 e. The van der Waals surface area contributed by atoms with Gasteiger partial charge in [-0.3, -0.25) is 0 Å². The van der Waals surface area contributed by atoms with Crippen molar-refractivity contribution < 1.29 is 9.84 Å². The standard InChI is InChI=1S/C14H15NO2/c16-8-12-7-6-11-2-1-3-13(14(11)15-12)17-9-10-4-5-10/h1-3,6-7,10,16H,4-5,8-9H2. The van der Waals surface area contributed by atoms with Crippen LogP contribution in [0.25, 0.3) is 10.9 Å². The number of ether oxygens (including phenoxy) is 1. The predicted molar refractivity (Wildman–Crippen MR) is 65.9 cm³/mol. The van der Waals surface area contributed by atoms with Crippen molar-refractivity contribution in [3.05, 3.63) is 36.0 Å². The van der Waals surface area contributed by atoms with Crippen molar-refractivity contribution in [2.24, 2.45) is 5.92 Å². The van der Waals surface area contributed by atoms with Gasteiger partial charge in [-0.05, 0) is 30.9 Å². The van der Waals surface area contributed by atoms with Crippen molar-refractivity contribution in [1.29, 1.82) is 0 Å². The average molecular weight is 229 g/mol. The fourth-order valence-electron chi connectivity index (χ4n) is 1.86. The molecule has 1 N–H and O–H groups in total. The Hall–Kier alpha value is -1.61. The summed E-state index contributed by atoms with van der Waals surface area (Å²) in [5.41, 5.74) is 1.53. The molecule has 1 aliphatic carbocycles. The van der Waals surface area contributed by atoms with Gasteiger partial charge in [-0.2, -0.15) is 0 Å². The molecule has 0 spiro atoms. The summed E-state index contributed by atoms with van der Waals surface area (Å²) in [6.45, 7) is 0.747. The highest BCUT2D eigenvalue weighted by Crippen LogP contribution is 2.31. The van der Waals surface area contributed by atoms with Crippen LogP contribution < -0.4 is 4.74 Å². The average Bonchev–Trinajstić information content (AvgIpc) is 3.19. The van der Waals surface area contributed by atoms with Crippen LogP contribution in [-0.4, -0.2) is 16.7 Å². The maximum Gasteiger partial charge on any atom is 0.145 e. The third-order valence-electron chi connectivity index (χ3n) is 3.07. The van der Waals surface area contributed by atoms with E-state index >= 15 is 0 Å². The second kappa shape index (κ2) is 4.34. The highest BCUT2D eigenvalue weighted by molar-refractivity contribution is 5.84. The molecule has 1 aromatic carbocycles. The first-order valence-corrected chi connectivity index (χ1v) is 5.99. The summed E-state index contributed by atoms with van der Waals surface area (Å²) in [6.07, 6.45) is 2.56. The van der Waals surface area contributed by atoms with E-state index in [0.29, 0.717) is 5.69 Å². The van der Waals surface area contributed by atoms with Gasteiger partial charge in [0.15, 0.2) is 0 Å². The third kappa shape index (κ3) is 2.24. The zero-order chi connectivity index (χ0) is 11.7. The van der Waals surface area contributed by atoms with Gasteiger partial charge in [0.2, 0.25) is 0 Å². The second-order valence-corrected chi connectivity index (χ2v) is 4.54. The van der Waals surface area contributed by atoms with E-state index in [0.717, 1.165) is 29.2 Å². The SMILES string of the molecule is OCc1ccc2cccc(OCC3CC3)c2n1. The number of para-hydroxylation sites is 1. The Balaban J connectivity index is 1.96. The molecule has 17 heavy (non-hydrogen) atoms. The van der Waals surface area contributed by atoms with E-state index in [1.807, 2.05) is 30.3 Å². The van der Waals surface area contributed by atoms with E-state index in [9.17, 15) is 0 Å². The first-order valence-electron chi connectivity index (χ1n) is 5.99. The zero-order valence-corrected chi connectivity index (χ0v) is 9.60. The van der Waals surface area contributed by atoms with E-state index in [1.54, 1.807) is 0 Å². The molecule has 1 saturated carbocycles. The molecular formula is C14H15NO2. The van der Waals surface area contributed by atoms with Gasteiger partial charge < -0.3 is 9.84 Å². The molecule has 1 aromatic heterocycles. The number of pyridine rings is 1. The summed E-state index contributed by atoms with van der Waals surface area (Å²) in [6, 6.07) is 9.74. The molecule has 0 bridgehead atoms. The molecule has 0 unspecified atom stereocenters. The van der Waals surface area contributed by atoms with Crippen LogP contribution >= 0.6 is 0 Å². The van der Waals surface area contributed by atoms with Gasteiger partial charge in [-0.15, -0.1) is 0 Å². The van der Waals surface area contributed by atoms with Crippen molar-refractivity contribution in [3.63, 3.8) is 0 Å². The van der Waals surface area contributed by atoms with E-state index in [1.165, 1.54) is 12.8 Å². The number of aliphatic hydroxyl groups is 1. The number of hydrogen-bond acceptors (Lipinski definition) is 3. The van der Waals surface area contributed by atoms with Crippen LogP contribution in [-0.2, 0) is 6.61 Å². The minimum atomic E-state index is -0.0348. The van der Waals surface area contributed by atoms with Crippen molar-refractivity contribution in [3.8, 4) is 5.75 Å². The molecule has 1 heterocycles. The molecule has 0 radical (unpaired) electrons. The van der Waals surface area contributed by atoms with Crippen molar-refractivity contribution in [2.45, 2.75) is 19.4 Å². The second-order valence-electron chi connectivity index (χ2n) is 4.54. The van der Waals surface area contributed by atoms with Gasteiger partial charge in [0.1, 0.15) is 11.3 Å². The monoisotopic (exact) mass is 229 g/mol. The summed E-state index contributed by atoms with van der Waals surface area (Å²) < 4.78 is 5.80. The molecular weight excluding hydrogens is 214 g/mol. The van der Waals surface area contributed by atoms with Crippen LogP contribution in [0.3, 0.4) is 0 Å². The first kappa shape index (κ1) is 10.5. The van der Waals surface area contributed by atoms with E-state index in [2.05, 4.69) is 4.98 Å². The number of benzene rings is 1. The predicted octanol–water partition coefficient (Wildman–Crippen LogP) is 2.52. The summed E-state index contributed by atoms with van der Waals surface area (Å²) in [5, 5.41) is 10.2. The summed E-state index contributed by atoms with van der Waals surface area (Å²) in [5.74, 6) is 1.55. The van der Waals surface area contributed by atoms with Crippen molar-refractivity contribution in [2.75, 3.05) is 6.61 Å². The Morgan fingerprint density at radius 2 is 2.12 bits per heavy atom. The van der Waals surface area contributed by atoms with E-state index in [4.69, 9.17) is 9.84 Å². The van der Waals surface area contributed by atoms with Crippen LogP contribution in [0.4, 0.5) is 0 Å². The van der Waals surface area contributed by atoms with Crippen LogP contribution in [0.2, 0.25) is 0 Å². The Kier molecular flexibility index (Phi) is 2.69. The summed E-state index contributed by atoms with van der Waals surface area (Å²) in [4.78, 5) is 4.42. The normalized spacial score (nSPS) is 15.1. The Morgan fingerprint density at radius 1 is 1.24 bits per heavy atom. The molecule has 1 aliphatic rings. The topological polar surface area (TPSA) is 42.4 Å². The maximum absolute atomic E-state index is 9.11. The molecule has 3 rings (SSSR count). The number of rotatable bonds is 4. The number of aromatic nitrogens is 1. The highest BCUT2D eigenvalue weighted by atomic mass is 16.5. The lowest BCUT2D eigenvalue weighted by Crippen LogP contribution is -2.00. The van der Waals surface area contributed by atoms with Crippen LogP contribution in [0.1, 0.15) is 18.5 Å². The van der Waals surface area contributed by atoms with Gasteiger partial charge in [0.25, 0.3) is 0 Å². The van der Waals surface area contributed by atoms with Crippen molar-refractivity contribution >= 4 is 10.9 Å². The lowest BCUT2D eigenvalue weighted by Gasteiger charge is -2.08. The number of hydrogen-bond donors (Lipinski definition) is 1. The molecule has 3 heteroatoms. The van der Waals surface area contributed by atoms with Crippen LogP contribution in [0.5, 0.6) is 5.75 Å². The van der Waals surface area contributed by atoms with Crippen LogP contribution in [0.15, 0.2) is 30.3 Å².